The molecule has 0 unspecified atom stereocenters. The van der Waals surface area contributed by atoms with Crippen LogP contribution in [0.5, 0.6) is 0 Å². The van der Waals surface area contributed by atoms with E-state index in [2.05, 4.69) is 41.7 Å². The molecule has 1 aliphatic rings. The summed E-state index contributed by atoms with van der Waals surface area (Å²) < 4.78 is 0. The number of rotatable bonds is 4. The quantitative estimate of drug-likeness (QED) is 0.911. The first-order chi connectivity index (χ1) is 9.72. The number of carboxylic acids is 1. The second kappa shape index (κ2) is 5.99. The van der Waals surface area contributed by atoms with Crippen LogP contribution in [0.15, 0.2) is 42.5 Å². The molecule has 0 bridgehead atoms. The minimum Gasteiger partial charge on any atom is -0.480 e. The number of carbonyl (C=O) groups is 1. The molecule has 2 aromatic rings. The smallest absolute Gasteiger partial charge is 0.321 e. The van der Waals surface area contributed by atoms with Crippen LogP contribution in [0.25, 0.3) is 0 Å². The van der Waals surface area contributed by atoms with E-state index < -0.39 is 12.0 Å². The maximum atomic E-state index is 11.0. The first-order valence-corrected chi connectivity index (χ1v) is 8.32. The summed E-state index contributed by atoms with van der Waals surface area (Å²) >= 11 is 3.43. The average Bonchev–Trinajstić information content (AvgIpc) is 3.08. The number of hydrogen-bond acceptors (Lipinski definition) is 4. The molecular formula is C15H15NO2S2. The van der Waals surface area contributed by atoms with Gasteiger partial charge in [-0.25, -0.2) is 0 Å². The van der Waals surface area contributed by atoms with Crippen molar-refractivity contribution < 1.29 is 9.90 Å². The Morgan fingerprint density at radius 2 is 2.05 bits per heavy atom. The molecule has 1 aromatic carbocycles. The Morgan fingerprint density at radius 3 is 2.75 bits per heavy atom. The molecule has 0 amide bonds. The van der Waals surface area contributed by atoms with E-state index in [9.17, 15) is 4.79 Å². The van der Waals surface area contributed by atoms with Crippen LogP contribution >= 0.6 is 23.1 Å². The molecule has 3 nitrogen and oxygen atoms in total. The third-order valence-electron chi connectivity index (χ3n) is 3.24. The van der Waals surface area contributed by atoms with Gasteiger partial charge in [0.2, 0.25) is 0 Å². The van der Waals surface area contributed by atoms with Gasteiger partial charge in [0.15, 0.2) is 0 Å². The third kappa shape index (κ3) is 3.06. The van der Waals surface area contributed by atoms with Gasteiger partial charge in [-0.1, -0.05) is 30.3 Å². The van der Waals surface area contributed by atoms with Crippen LogP contribution in [-0.4, -0.2) is 22.9 Å². The van der Waals surface area contributed by atoms with Crippen LogP contribution in [0.4, 0.5) is 0 Å². The fraction of sp³-hybridized carbons (Fsp3) is 0.267. The van der Waals surface area contributed by atoms with Crippen LogP contribution in [0.1, 0.15) is 20.7 Å². The first-order valence-electron chi connectivity index (χ1n) is 6.45. The van der Waals surface area contributed by atoms with E-state index >= 15 is 0 Å². The Kier molecular flexibility index (Phi) is 4.10. The molecule has 104 valence electrons. The van der Waals surface area contributed by atoms with Crippen molar-refractivity contribution in [2.75, 3.05) is 5.75 Å². The molecule has 20 heavy (non-hydrogen) atoms. The lowest BCUT2D eigenvalue weighted by Gasteiger charge is -2.08. The van der Waals surface area contributed by atoms with Gasteiger partial charge in [-0.05, 0) is 17.7 Å². The molecular weight excluding hydrogens is 290 g/mol. The SMILES string of the molecule is O=C(O)[C@@H]1CS[C@@H](c2ccc(Cc3ccccc3)s2)N1. The lowest BCUT2D eigenvalue weighted by Crippen LogP contribution is -2.33. The molecule has 1 aromatic heterocycles. The van der Waals surface area contributed by atoms with Crippen molar-refractivity contribution in [1.29, 1.82) is 0 Å². The molecule has 3 rings (SSSR count). The van der Waals surface area contributed by atoms with Gasteiger partial charge in [0.1, 0.15) is 6.04 Å². The predicted molar refractivity (Wildman–Crippen MR) is 83.3 cm³/mol. The fourth-order valence-electron chi connectivity index (χ4n) is 2.21. The highest BCUT2D eigenvalue weighted by molar-refractivity contribution is 7.99. The topological polar surface area (TPSA) is 49.3 Å². The zero-order valence-electron chi connectivity index (χ0n) is 10.8. The summed E-state index contributed by atoms with van der Waals surface area (Å²) in [6.07, 6.45) is 0.936. The lowest BCUT2D eigenvalue weighted by molar-refractivity contribution is -0.138. The highest BCUT2D eigenvalue weighted by atomic mass is 32.2. The summed E-state index contributed by atoms with van der Waals surface area (Å²) in [5, 5.41) is 12.3. The van der Waals surface area contributed by atoms with Gasteiger partial charge < -0.3 is 5.11 Å². The van der Waals surface area contributed by atoms with Crippen molar-refractivity contribution >= 4 is 29.1 Å². The lowest BCUT2D eigenvalue weighted by atomic mass is 10.1. The standard InChI is InChI=1S/C15H15NO2S2/c17-15(18)12-9-19-14(16-12)13-7-6-11(20-13)8-10-4-2-1-3-5-10/h1-7,12,14,16H,8-9H2,(H,17,18)/t12-,14-/m0/s1. The molecule has 0 spiro atoms. The Bertz CT molecular complexity index is 597. The maximum Gasteiger partial charge on any atom is 0.321 e. The first kappa shape index (κ1) is 13.7. The fourth-order valence-corrected chi connectivity index (χ4v) is 4.67. The van der Waals surface area contributed by atoms with E-state index in [1.807, 2.05) is 6.07 Å². The summed E-state index contributed by atoms with van der Waals surface area (Å²) in [5.41, 5.74) is 1.30. The van der Waals surface area contributed by atoms with Crippen molar-refractivity contribution in [3.05, 3.63) is 57.8 Å². The molecule has 5 heteroatoms. The zero-order chi connectivity index (χ0) is 13.9. The Morgan fingerprint density at radius 1 is 1.25 bits per heavy atom. The number of hydrogen-bond donors (Lipinski definition) is 2. The van der Waals surface area contributed by atoms with Crippen LogP contribution in [0.2, 0.25) is 0 Å². The van der Waals surface area contributed by atoms with E-state index in [0.29, 0.717) is 5.75 Å². The monoisotopic (exact) mass is 305 g/mol. The summed E-state index contributed by atoms with van der Waals surface area (Å²) in [7, 11) is 0. The summed E-state index contributed by atoms with van der Waals surface area (Å²) in [4.78, 5) is 13.5. The van der Waals surface area contributed by atoms with E-state index in [4.69, 9.17) is 5.11 Å². The van der Waals surface area contributed by atoms with Crippen LogP contribution in [-0.2, 0) is 11.2 Å². The molecule has 2 heterocycles. The van der Waals surface area contributed by atoms with Gasteiger partial charge in [-0.3, -0.25) is 10.1 Å². The minimum atomic E-state index is -0.763. The van der Waals surface area contributed by atoms with Crippen LogP contribution < -0.4 is 5.32 Å². The largest absolute Gasteiger partial charge is 0.480 e. The number of aliphatic carboxylic acids is 1. The molecule has 2 atom stereocenters. The normalized spacial score (nSPS) is 22.0. The van der Waals surface area contributed by atoms with Gasteiger partial charge in [-0.2, -0.15) is 0 Å². The summed E-state index contributed by atoms with van der Waals surface area (Å²) in [5.74, 6) is -0.132. The Balaban J connectivity index is 1.67. The van der Waals surface area contributed by atoms with Crippen molar-refractivity contribution in [3.8, 4) is 0 Å². The molecule has 1 saturated heterocycles. The average molecular weight is 305 g/mol. The Hall–Kier alpha value is -1.30. The van der Waals surface area contributed by atoms with Gasteiger partial charge in [0.05, 0.1) is 5.37 Å². The molecule has 0 saturated carbocycles. The Labute approximate surface area is 126 Å². The summed E-state index contributed by atoms with van der Waals surface area (Å²) in [6.45, 7) is 0. The second-order valence-electron chi connectivity index (χ2n) is 4.74. The number of thiophene rings is 1. The van der Waals surface area contributed by atoms with Crippen LogP contribution in [0.3, 0.4) is 0 Å². The maximum absolute atomic E-state index is 11.0. The van der Waals surface area contributed by atoms with Crippen molar-refractivity contribution in [2.24, 2.45) is 0 Å². The number of nitrogens with one attached hydrogen (secondary N) is 1. The molecule has 1 fully saturated rings. The zero-order valence-corrected chi connectivity index (χ0v) is 12.4. The van der Waals surface area contributed by atoms with Crippen LogP contribution in [0, 0.1) is 0 Å². The van der Waals surface area contributed by atoms with E-state index in [0.717, 1.165) is 6.42 Å². The molecule has 0 radical (unpaired) electrons. The predicted octanol–water partition coefficient (Wildman–Crippen LogP) is 3.13. The molecule has 2 N–H and O–H groups in total. The number of benzene rings is 1. The van der Waals surface area contributed by atoms with E-state index in [1.54, 1.807) is 23.1 Å². The van der Waals surface area contributed by atoms with Gasteiger partial charge in [0, 0.05) is 21.9 Å². The number of thioether (sulfide) groups is 1. The van der Waals surface area contributed by atoms with Crippen molar-refractivity contribution in [1.82, 2.24) is 5.32 Å². The molecule has 1 aliphatic heterocycles. The van der Waals surface area contributed by atoms with E-state index in [1.165, 1.54) is 15.3 Å². The third-order valence-corrected chi connectivity index (χ3v) is 5.79. The van der Waals surface area contributed by atoms with Gasteiger partial charge >= 0.3 is 5.97 Å². The van der Waals surface area contributed by atoms with Gasteiger partial charge in [-0.15, -0.1) is 23.1 Å². The van der Waals surface area contributed by atoms with Gasteiger partial charge in [0.25, 0.3) is 0 Å². The number of carboxylic acid groups (broad SMARTS) is 1. The van der Waals surface area contributed by atoms with Crippen molar-refractivity contribution in [2.45, 2.75) is 17.8 Å². The minimum absolute atomic E-state index is 0.116. The highest BCUT2D eigenvalue weighted by Crippen LogP contribution is 2.37. The summed E-state index contributed by atoms with van der Waals surface area (Å²) in [6, 6.07) is 14.2. The van der Waals surface area contributed by atoms with E-state index in [-0.39, 0.29) is 5.37 Å². The molecule has 0 aliphatic carbocycles. The highest BCUT2D eigenvalue weighted by Gasteiger charge is 2.30. The van der Waals surface area contributed by atoms with Crippen molar-refractivity contribution in [3.63, 3.8) is 0 Å². The second-order valence-corrected chi connectivity index (χ2v) is 7.08.